The van der Waals surface area contributed by atoms with E-state index in [1.807, 2.05) is 23.2 Å². The molecular formula is C15H20N4S+2. The fourth-order valence-corrected chi connectivity index (χ4v) is 3.38. The molecule has 4 nitrogen and oxygen atoms in total. The quantitative estimate of drug-likeness (QED) is 0.468. The number of nitrogens with zero attached hydrogens (tertiary/aromatic N) is 4. The maximum absolute atomic E-state index is 4.31. The fourth-order valence-electron chi connectivity index (χ4n) is 2.69. The molecule has 0 unspecified atom stereocenters. The number of aromatic nitrogens is 1. The Morgan fingerprint density at radius 1 is 1.10 bits per heavy atom. The van der Waals surface area contributed by atoms with Crippen molar-refractivity contribution in [3.8, 4) is 0 Å². The zero-order chi connectivity index (χ0) is 14.0. The lowest BCUT2D eigenvalue weighted by Gasteiger charge is -2.28. The minimum atomic E-state index is 0.910. The number of benzene rings is 1. The van der Waals surface area contributed by atoms with Crippen LogP contribution in [0.25, 0.3) is 0 Å². The fraction of sp³-hybridized carbons (Fsp3) is 0.400. The van der Waals surface area contributed by atoms with Crippen LogP contribution in [0.4, 0.5) is 16.5 Å². The first-order valence-electron chi connectivity index (χ1n) is 6.97. The molecule has 0 bridgehead atoms. The average Bonchev–Trinajstić information content (AvgIpc) is 3.07. The summed E-state index contributed by atoms with van der Waals surface area (Å²) in [6.45, 7) is 2.48. The van der Waals surface area contributed by atoms with Gasteiger partial charge in [-0.05, 0) is 28.6 Å². The summed E-state index contributed by atoms with van der Waals surface area (Å²) in [7, 11) is 4.29. The van der Waals surface area contributed by atoms with Crippen LogP contribution in [0.5, 0.6) is 0 Å². The van der Waals surface area contributed by atoms with E-state index >= 15 is 0 Å². The molecule has 1 saturated heterocycles. The molecular weight excluding hydrogens is 268 g/mol. The molecule has 20 heavy (non-hydrogen) atoms. The summed E-state index contributed by atoms with van der Waals surface area (Å²) in [4.78, 5) is 0. The first-order valence-corrected chi connectivity index (χ1v) is 7.85. The SMILES string of the molecule is C[n+]1ccsc1N=Nc1ccc([N+]2(C)CCCC2)cc1. The summed E-state index contributed by atoms with van der Waals surface area (Å²) in [5, 5.41) is 11.5. The van der Waals surface area contributed by atoms with E-state index in [1.165, 1.54) is 31.6 Å². The predicted octanol–water partition coefficient (Wildman–Crippen LogP) is 3.72. The Morgan fingerprint density at radius 2 is 1.80 bits per heavy atom. The summed E-state index contributed by atoms with van der Waals surface area (Å²) in [5.74, 6) is 0. The summed E-state index contributed by atoms with van der Waals surface area (Å²) >= 11 is 1.59. The van der Waals surface area contributed by atoms with Crippen molar-refractivity contribution in [2.24, 2.45) is 17.3 Å². The third kappa shape index (κ3) is 2.64. The largest absolute Gasteiger partial charge is 0.408 e. The molecule has 3 rings (SSSR count). The Bertz CT molecular complexity index is 609. The molecule has 104 valence electrons. The summed E-state index contributed by atoms with van der Waals surface area (Å²) in [5.41, 5.74) is 2.29. The number of aryl methyl sites for hydroxylation is 1. The van der Waals surface area contributed by atoms with Crippen molar-refractivity contribution in [2.45, 2.75) is 12.8 Å². The number of hydrogen-bond acceptors (Lipinski definition) is 3. The number of rotatable bonds is 3. The van der Waals surface area contributed by atoms with Crippen LogP contribution in [0.2, 0.25) is 0 Å². The van der Waals surface area contributed by atoms with Gasteiger partial charge in [0.15, 0.2) is 0 Å². The number of quaternary nitrogens is 1. The molecule has 0 N–H and O–H groups in total. The van der Waals surface area contributed by atoms with Gasteiger partial charge in [-0.3, -0.25) is 4.48 Å². The molecule has 0 aliphatic carbocycles. The summed E-state index contributed by atoms with van der Waals surface area (Å²) < 4.78 is 3.02. The van der Waals surface area contributed by atoms with E-state index in [0.29, 0.717) is 0 Å². The molecule has 1 aliphatic heterocycles. The van der Waals surface area contributed by atoms with E-state index in [1.54, 1.807) is 11.3 Å². The highest BCUT2D eigenvalue weighted by atomic mass is 32.1. The molecule has 0 spiro atoms. The normalized spacial score (nSPS) is 17.9. The molecule has 0 saturated carbocycles. The molecule has 1 aliphatic rings. The first-order chi connectivity index (χ1) is 9.67. The minimum Gasteiger partial charge on any atom is -0.294 e. The molecule has 1 fully saturated rings. The second-order valence-electron chi connectivity index (χ2n) is 5.56. The van der Waals surface area contributed by atoms with E-state index in [0.717, 1.165) is 15.3 Å². The van der Waals surface area contributed by atoms with Gasteiger partial charge < -0.3 is 0 Å². The molecule has 1 aromatic heterocycles. The highest BCUT2D eigenvalue weighted by Gasteiger charge is 2.29. The lowest BCUT2D eigenvalue weighted by atomic mass is 10.2. The smallest absolute Gasteiger partial charge is 0.294 e. The third-order valence-electron chi connectivity index (χ3n) is 4.04. The molecule has 0 radical (unpaired) electrons. The third-order valence-corrected chi connectivity index (χ3v) is 4.88. The number of azo groups is 1. The highest BCUT2D eigenvalue weighted by molar-refractivity contribution is 7.12. The molecule has 2 heterocycles. The van der Waals surface area contributed by atoms with Crippen molar-refractivity contribution in [1.82, 2.24) is 4.48 Å². The van der Waals surface area contributed by atoms with Gasteiger partial charge in [-0.1, -0.05) is 0 Å². The van der Waals surface area contributed by atoms with E-state index in [2.05, 4.69) is 41.5 Å². The minimum absolute atomic E-state index is 0.910. The average molecular weight is 288 g/mol. The second kappa shape index (κ2) is 5.42. The Hall–Kier alpha value is -1.59. The van der Waals surface area contributed by atoms with Crippen LogP contribution in [-0.2, 0) is 7.05 Å². The van der Waals surface area contributed by atoms with Gasteiger partial charge in [-0.2, -0.15) is 0 Å². The number of likely N-dealkylation sites (tertiary alicyclic amines) is 1. The van der Waals surface area contributed by atoms with Gasteiger partial charge in [0, 0.05) is 30.4 Å². The zero-order valence-corrected chi connectivity index (χ0v) is 12.8. The Kier molecular flexibility index (Phi) is 3.63. The van der Waals surface area contributed by atoms with E-state index in [-0.39, 0.29) is 0 Å². The van der Waals surface area contributed by atoms with Gasteiger partial charge in [-0.25, -0.2) is 4.57 Å². The number of thiazole rings is 1. The maximum Gasteiger partial charge on any atom is 0.408 e. The topological polar surface area (TPSA) is 28.6 Å². The van der Waals surface area contributed by atoms with Crippen molar-refractivity contribution >= 4 is 27.8 Å². The maximum atomic E-state index is 4.31. The van der Waals surface area contributed by atoms with Crippen molar-refractivity contribution in [3.63, 3.8) is 0 Å². The van der Waals surface area contributed by atoms with Gasteiger partial charge in [0.2, 0.25) is 0 Å². The predicted molar refractivity (Wildman–Crippen MR) is 82.8 cm³/mol. The van der Waals surface area contributed by atoms with Gasteiger partial charge >= 0.3 is 5.13 Å². The first kappa shape index (κ1) is 13.4. The molecule has 5 heteroatoms. The van der Waals surface area contributed by atoms with Gasteiger partial charge in [0.05, 0.1) is 32.3 Å². The van der Waals surface area contributed by atoms with Crippen LogP contribution in [0, 0.1) is 0 Å². The lowest BCUT2D eigenvalue weighted by molar-refractivity contribution is -0.654. The molecule has 0 atom stereocenters. The zero-order valence-electron chi connectivity index (χ0n) is 12.0. The Balaban J connectivity index is 1.76. The van der Waals surface area contributed by atoms with Gasteiger partial charge in [0.1, 0.15) is 17.6 Å². The van der Waals surface area contributed by atoms with E-state index in [9.17, 15) is 0 Å². The second-order valence-corrected chi connectivity index (χ2v) is 6.44. The molecule has 2 aromatic rings. The monoisotopic (exact) mass is 288 g/mol. The number of hydrogen-bond donors (Lipinski definition) is 0. The Morgan fingerprint density at radius 3 is 2.40 bits per heavy atom. The van der Waals surface area contributed by atoms with Crippen LogP contribution in [0.3, 0.4) is 0 Å². The van der Waals surface area contributed by atoms with E-state index < -0.39 is 0 Å². The van der Waals surface area contributed by atoms with Gasteiger partial charge in [-0.15, -0.1) is 0 Å². The lowest BCUT2D eigenvalue weighted by Crippen LogP contribution is -2.41. The van der Waals surface area contributed by atoms with Crippen molar-refractivity contribution in [1.29, 1.82) is 0 Å². The Labute approximate surface area is 123 Å². The van der Waals surface area contributed by atoms with Crippen LogP contribution in [0.1, 0.15) is 12.8 Å². The summed E-state index contributed by atoms with van der Waals surface area (Å²) in [6, 6.07) is 8.50. The van der Waals surface area contributed by atoms with Crippen molar-refractivity contribution in [3.05, 3.63) is 35.8 Å². The summed E-state index contributed by atoms with van der Waals surface area (Å²) in [6.07, 6.45) is 4.64. The molecule has 0 amide bonds. The van der Waals surface area contributed by atoms with Crippen LogP contribution in [0.15, 0.2) is 46.1 Å². The highest BCUT2D eigenvalue weighted by Crippen LogP contribution is 2.29. The van der Waals surface area contributed by atoms with Crippen LogP contribution < -0.4 is 9.05 Å². The van der Waals surface area contributed by atoms with Crippen molar-refractivity contribution < 1.29 is 4.57 Å². The van der Waals surface area contributed by atoms with Crippen LogP contribution >= 0.6 is 11.3 Å². The molecule has 1 aromatic carbocycles. The standard InChI is InChI=1S/C15H20N4S/c1-18-9-12-20-15(18)17-16-13-5-7-14(8-6-13)19(2)10-3-4-11-19/h5-9,12H,3-4,10-11H2,1-2H3/q+2. The van der Waals surface area contributed by atoms with E-state index in [4.69, 9.17) is 0 Å². The van der Waals surface area contributed by atoms with Gasteiger partial charge in [0.25, 0.3) is 0 Å². The van der Waals surface area contributed by atoms with Crippen molar-refractivity contribution in [2.75, 3.05) is 20.1 Å². The van der Waals surface area contributed by atoms with Crippen LogP contribution in [-0.4, -0.2) is 20.1 Å².